The molecule has 2 aromatic rings. The second-order valence-electron chi connectivity index (χ2n) is 7.77. The predicted molar refractivity (Wildman–Crippen MR) is 105 cm³/mol. The number of rotatable bonds is 5. The molecule has 4 rings (SSSR count). The Labute approximate surface area is 164 Å². The Bertz CT molecular complexity index is 859. The molecule has 1 aliphatic carbocycles. The molecule has 1 aromatic carbocycles. The smallest absolute Gasteiger partial charge is 0.276 e. The highest BCUT2D eigenvalue weighted by atomic mass is 16.5. The monoisotopic (exact) mass is 382 g/mol. The van der Waals surface area contributed by atoms with Gasteiger partial charge in [0.25, 0.3) is 5.91 Å². The van der Waals surface area contributed by atoms with E-state index < -0.39 is 0 Å². The molecule has 1 aromatic heterocycles. The van der Waals surface area contributed by atoms with Gasteiger partial charge in [0, 0.05) is 43.9 Å². The van der Waals surface area contributed by atoms with E-state index >= 15 is 0 Å². The summed E-state index contributed by atoms with van der Waals surface area (Å²) in [6.07, 6.45) is 2.23. The highest BCUT2D eigenvalue weighted by Crippen LogP contribution is 2.40. The van der Waals surface area contributed by atoms with Crippen LogP contribution >= 0.6 is 0 Å². The normalized spacial score (nSPS) is 17.6. The number of carbonyl (C=O) groups is 2. The first kappa shape index (κ1) is 18.7. The van der Waals surface area contributed by atoms with Crippen molar-refractivity contribution in [1.82, 2.24) is 15.0 Å². The van der Waals surface area contributed by atoms with Crippen LogP contribution in [0.1, 0.15) is 46.1 Å². The van der Waals surface area contributed by atoms with E-state index in [0.717, 1.165) is 35.4 Å². The maximum Gasteiger partial charge on any atom is 0.276 e. The number of carbonyl (C=O) groups excluding carboxylic acids is 2. The zero-order chi connectivity index (χ0) is 19.7. The number of benzene rings is 1. The number of hydrogen-bond donors (Lipinski definition) is 1. The Morgan fingerprint density at radius 1 is 1.14 bits per heavy atom. The van der Waals surface area contributed by atoms with E-state index in [4.69, 9.17) is 4.52 Å². The van der Waals surface area contributed by atoms with E-state index in [2.05, 4.69) is 15.4 Å². The van der Waals surface area contributed by atoms with Gasteiger partial charge in [-0.05, 0) is 37.8 Å². The summed E-state index contributed by atoms with van der Waals surface area (Å²) in [7, 11) is 0. The van der Waals surface area contributed by atoms with Crippen LogP contribution in [0.15, 0.2) is 28.8 Å². The topological polar surface area (TPSA) is 78.7 Å². The molecule has 1 N–H and O–H groups in total. The zero-order valence-corrected chi connectivity index (χ0v) is 16.4. The van der Waals surface area contributed by atoms with E-state index in [1.54, 1.807) is 11.0 Å². The second kappa shape index (κ2) is 7.75. The van der Waals surface area contributed by atoms with Crippen molar-refractivity contribution in [3.05, 3.63) is 46.8 Å². The van der Waals surface area contributed by atoms with Crippen molar-refractivity contribution in [2.24, 2.45) is 0 Å². The highest BCUT2D eigenvalue weighted by Gasteiger charge is 2.30. The fourth-order valence-corrected chi connectivity index (χ4v) is 3.62. The minimum atomic E-state index is -0.0877. The van der Waals surface area contributed by atoms with Crippen LogP contribution in [0.25, 0.3) is 0 Å². The molecule has 0 atom stereocenters. The molecule has 7 nitrogen and oxygen atoms in total. The Morgan fingerprint density at radius 2 is 1.82 bits per heavy atom. The molecule has 0 spiro atoms. The molecule has 1 saturated heterocycles. The van der Waals surface area contributed by atoms with Crippen LogP contribution in [0.4, 0.5) is 5.69 Å². The maximum absolute atomic E-state index is 12.6. The Hall–Kier alpha value is -2.67. The van der Waals surface area contributed by atoms with Gasteiger partial charge in [-0.3, -0.25) is 14.5 Å². The largest absolute Gasteiger partial charge is 0.360 e. The van der Waals surface area contributed by atoms with E-state index in [9.17, 15) is 9.59 Å². The summed E-state index contributed by atoms with van der Waals surface area (Å²) in [5.74, 6) is 1.16. The number of nitrogens with zero attached hydrogens (tertiary/aromatic N) is 3. The lowest BCUT2D eigenvalue weighted by Crippen LogP contribution is -2.50. The van der Waals surface area contributed by atoms with Crippen LogP contribution in [0, 0.1) is 13.8 Å². The van der Waals surface area contributed by atoms with Crippen molar-refractivity contribution in [2.75, 3.05) is 38.0 Å². The summed E-state index contributed by atoms with van der Waals surface area (Å²) in [5, 5.41) is 6.96. The first-order valence-electron chi connectivity index (χ1n) is 9.85. The van der Waals surface area contributed by atoms with Gasteiger partial charge in [-0.1, -0.05) is 23.4 Å². The van der Waals surface area contributed by atoms with Crippen molar-refractivity contribution in [3.63, 3.8) is 0 Å². The highest BCUT2D eigenvalue weighted by molar-refractivity contribution is 5.94. The van der Waals surface area contributed by atoms with Crippen LogP contribution in [-0.2, 0) is 4.79 Å². The number of hydrogen-bond acceptors (Lipinski definition) is 5. The molecular formula is C21H26N4O3. The number of amides is 2. The quantitative estimate of drug-likeness (QED) is 0.860. The van der Waals surface area contributed by atoms with Crippen LogP contribution in [0.5, 0.6) is 0 Å². The van der Waals surface area contributed by atoms with Gasteiger partial charge in [0.15, 0.2) is 5.69 Å². The summed E-state index contributed by atoms with van der Waals surface area (Å²) >= 11 is 0. The third-order valence-electron chi connectivity index (χ3n) is 5.50. The third-order valence-corrected chi connectivity index (χ3v) is 5.50. The number of aromatic nitrogens is 1. The first-order valence-corrected chi connectivity index (χ1v) is 9.85. The summed E-state index contributed by atoms with van der Waals surface area (Å²) in [6, 6.07) is 7.75. The molecule has 2 fully saturated rings. The molecule has 7 heteroatoms. The molecule has 1 saturated carbocycles. The van der Waals surface area contributed by atoms with Gasteiger partial charge in [-0.25, -0.2) is 0 Å². The van der Waals surface area contributed by atoms with E-state index in [1.807, 2.05) is 32.0 Å². The fraction of sp³-hybridized carbons (Fsp3) is 0.476. The molecule has 2 aliphatic rings. The van der Waals surface area contributed by atoms with Crippen molar-refractivity contribution < 1.29 is 14.1 Å². The van der Waals surface area contributed by atoms with Crippen LogP contribution in [0.3, 0.4) is 0 Å². The second-order valence-corrected chi connectivity index (χ2v) is 7.77. The zero-order valence-electron chi connectivity index (χ0n) is 16.4. The lowest BCUT2D eigenvalue weighted by atomic mass is 10.1. The number of aryl methyl sites for hydroxylation is 2. The van der Waals surface area contributed by atoms with E-state index in [-0.39, 0.29) is 11.8 Å². The van der Waals surface area contributed by atoms with E-state index in [1.165, 1.54) is 0 Å². The molecule has 0 bridgehead atoms. The number of nitrogens with one attached hydrogen (secondary N) is 1. The van der Waals surface area contributed by atoms with Gasteiger partial charge in [0.2, 0.25) is 5.91 Å². The minimum absolute atomic E-state index is 0.0252. The lowest BCUT2D eigenvalue weighted by molar-refractivity contribution is -0.117. The summed E-state index contributed by atoms with van der Waals surface area (Å²) < 4.78 is 5.29. The van der Waals surface area contributed by atoms with Gasteiger partial charge in [-0.15, -0.1) is 0 Å². The molecule has 2 amide bonds. The molecule has 28 heavy (non-hydrogen) atoms. The summed E-state index contributed by atoms with van der Waals surface area (Å²) in [4.78, 5) is 28.9. The number of piperazine rings is 1. The fourth-order valence-electron chi connectivity index (χ4n) is 3.62. The standard InChI is InChI=1S/C21H26N4O3/c1-14-4-3-5-15(2)20(14)22-19(26)13-24-8-10-25(11-9-24)21(27)17-12-18(28-23-17)16-6-7-16/h3-5,12,16H,6-11,13H2,1-2H3,(H,22,26). The molecule has 0 unspecified atom stereocenters. The van der Waals surface area contributed by atoms with Gasteiger partial charge in [-0.2, -0.15) is 0 Å². The molecule has 148 valence electrons. The van der Waals surface area contributed by atoms with E-state index in [0.29, 0.717) is 44.3 Å². The Morgan fingerprint density at radius 3 is 2.46 bits per heavy atom. The number of para-hydroxylation sites is 1. The first-order chi connectivity index (χ1) is 13.5. The van der Waals surface area contributed by atoms with Gasteiger partial charge >= 0.3 is 0 Å². The Balaban J connectivity index is 1.27. The number of anilines is 1. The van der Waals surface area contributed by atoms with Crippen molar-refractivity contribution in [1.29, 1.82) is 0 Å². The molecule has 2 heterocycles. The third kappa shape index (κ3) is 4.09. The molecule has 0 radical (unpaired) electrons. The molecular weight excluding hydrogens is 356 g/mol. The average molecular weight is 382 g/mol. The van der Waals surface area contributed by atoms with Crippen molar-refractivity contribution in [2.45, 2.75) is 32.6 Å². The van der Waals surface area contributed by atoms with Crippen LogP contribution in [0.2, 0.25) is 0 Å². The van der Waals surface area contributed by atoms with Crippen molar-refractivity contribution >= 4 is 17.5 Å². The SMILES string of the molecule is Cc1cccc(C)c1NC(=O)CN1CCN(C(=O)c2cc(C3CC3)on2)CC1. The van der Waals surface area contributed by atoms with Crippen LogP contribution < -0.4 is 5.32 Å². The molecule has 1 aliphatic heterocycles. The predicted octanol–water partition coefficient (Wildman–Crippen LogP) is 2.57. The lowest BCUT2D eigenvalue weighted by Gasteiger charge is -2.33. The summed E-state index contributed by atoms with van der Waals surface area (Å²) in [6.45, 7) is 6.81. The summed E-state index contributed by atoms with van der Waals surface area (Å²) in [5.41, 5.74) is 3.39. The van der Waals surface area contributed by atoms with Gasteiger partial charge < -0.3 is 14.7 Å². The minimum Gasteiger partial charge on any atom is -0.360 e. The van der Waals surface area contributed by atoms with Gasteiger partial charge in [0.1, 0.15) is 5.76 Å². The Kier molecular flexibility index (Phi) is 5.17. The van der Waals surface area contributed by atoms with Gasteiger partial charge in [0.05, 0.1) is 6.54 Å². The van der Waals surface area contributed by atoms with Crippen molar-refractivity contribution in [3.8, 4) is 0 Å². The maximum atomic E-state index is 12.6. The average Bonchev–Trinajstić information content (AvgIpc) is 3.42. The van der Waals surface area contributed by atoms with Crippen LogP contribution in [-0.4, -0.2) is 59.5 Å².